The van der Waals surface area contributed by atoms with Crippen LogP contribution in [0.1, 0.15) is 26.7 Å². The number of carbonyl (C=O) groups excluding carboxylic acids is 1. The predicted molar refractivity (Wildman–Crippen MR) is 38.1 cm³/mol. The zero-order valence-corrected chi connectivity index (χ0v) is 6.18. The van der Waals surface area contributed by atoms with Gasteiger partial charge in [-0.25, -0.2) is 4.79 Å². The van der Waals surface area contributed by atoms with E-state index in [1.54, 1.807) is 4.90 Å². The van der Waals surface area contributed by atoms with Crippen LogP contribution in [-0.4, -0.2) is 19.5 Å². The van der Waals surface area contributed by atoms with Gasteiger partial charge < -0.3 is 0 Å². The summed E-state index contributed by atoms with van der Waals surface area (Å²) in [5.41, 5.74) is 0. The molecule has 0 atom stereocenters. The molecule has 9 heavy (non-hydrogen) atoms. The Bertz CT molecular complexity index is 67.3. The Labute approximate surface area is 56.9 Å². The molecule has 2 heteroatoms. The number of rotatable bonds is 5. The lowest BCUT2D eigenvalue weighted by Gasteiger charge is -1.97. The highest BCUT2D eigenvalue weighted by molar-refractivity contribution is 5.51. The van der Waals surface area contributed by atoms with Crippen molar-refractivity contribution in [2.45, 2.75) is 26.7 Å². The Hall–Kier alpha value is -0.370. The fraction of sp³-hybridized carbons (Fsp3) is 0.857. The smallest absolute Gasteiger partial charge is 0.209 e. The molecule has 0 aromatic rings. The van der Waals surface area contributed by atoms with Crippen LogP contribution in [0.25, 0.3) is 0 Å². The van der Waals surface area contributed by atoms with Crippen molar-refractivity contribution in [2.24, 2.45) is 0 Å². The highest BCUT2D eigenvalue weighted by Gasteiger charge is 2.11. The topological polar surface area (TPSA) is 23.0 Å². The molecule has 0 aromatic carbocycles. The van der Waals surface area contributed by atoms with Gasteiger partial charge in [-0.1, -0.05) is 18.7 Å². The Kier molecular flexibility index (Phi) is 5.52. The molecular weight excluding hydrogens is 114 g/mol. The van der Waals surface area contributed by atoms with Crippen molar-refractivity contribution in [1.82, 2.24) is 4.90 Å². The first-order chi connectivity index (χ1) is 4.35. The molecule has 2 nitrogen and oxygen atoms in total. The third-order valence-electron chi connectivity index (χ3n) is 1.12. The summed E-state index contributed by atoms with van der Waals surface area (Å²) in [5.74, 6) is 0. The van der Waals surface area contributed by atoms with Crippen LogP contribution in [0.2, 0.25) is 0 Å². The molecule has 0 aliphatic rings. The predicted octanol–water partition coefficient (Wildman–Crippen LogP) is 1.01. The highest BCUT2D eigenvalue weighted by Crippen LogP contribution is 1.84. The summed E-state index contributed by atoms with van der Waals surface area (Å²) in [6, 6.07) is 0. The maximum atomic E-state index is 10.1. The third kappa shape index (κ3) is 4.15. The molecule has 0 heterocycles. The fourth-order valence-electron chi connectivity index (χ4n) is 0.743. The molecule has 2 radical (unpaired) electrons. The lowest BCUT2D eigenvalue weighted by Crippen LogP contribution is -2.29. The van der Waals surface area contributed by atoms with Gasteiger partial charge in [0.1, 0.15) is 13.1 Å². The first-order valence-corrected chi connectivity index (χ1v) is 3.47. The minimum Gasteiger partial charge on any atom is -0.209 e. The van der Waals surface area contributed by atoms with E-state index in [1.807, 2.05) is 6.41 Å². The molecule has 1 amide bonds. The van der Waals surface area contributed by atoms with Gasteiger partial charge in [0.25, 0.3) is 0 Å². The second-order valence-corrected chi connectivity index (χ2v) is 2.08. The monoisotopic (exact) mass is 128 g/mol. The molecule has 52 valence electrons. The van der Waals surface area contributed by atoms with Crippen molar-refractivity contribution < 1.29 is 4.79 Å². The van der Waals surface area contributed by atoms with Gasteiger partial charge in [0, 0.05) is 0 Å². The molecule has 0 N–H and O–H groups in total. The van der Waals surface area contributed by atoms with E-state index >= 15 is 0 Å². The molecule has 0 saturated heterocycles. The van der Waals surface area contributed by atoms with Crippen LogP contribution in [0.5, 0.6) is 0 Å². The summed E-state index contributed by atoms with van der Waals surface area (Å²) < 4.78 is 0. The summed E-state index contributed by atoms with van der Waals surface area (Å²) >= 11 is 0. The van der Waals surface area contributed by atoms with Crippen molar-refractivity contribution in [3.8, 4) is 0 Å². The third-order valence-corrected chi connectivity index (χ3v) is 1.12. The zero-order chi connectivity index (χ0) is 7.11. The molecule has 0 saturated carbocycles. The average molecular weight is 128 g/mol. The van der Waals surface area contributed by atoms with E-state index in [-0.39, 0.29) is 0 Å². The standard InChI is InChI=1S/C7H14NO/c1-3-5-8(7-9)6-4-2/h3-6H2,1-2H3/q+1. The number of amides is 1. The fourth-order valence-corrected chi connectivity index (χ4v) is 0.743. The zero-order valence-electron chi connectivity index (χ0n) is 6.18. The van der Waals surface area contributed by atoms with Gasteiger partial charge in [-0.05, 0) is 12.8 Å². The Balaban J connectivity index is 3.29. The molecule has 0 bridgehead atoms. The molecule has 0 aliphatic carbocycles. The van der Waals surface area contributed by atoms with Gasteiger partial charge in [0.05, 0.1) is 0 Å². The average Bonchev–Trinajstić information content (AvgIpc) is 1.88. The Morgan fingerprint density at radius 2 is 1.67 bits per heavy atom. The highest BCUT2D eigenvalue weighted by atomic mass is 16.1. The van der Waals surface area contributed by atoms with Crippen molar-refractivity contribution in [2.75, 3.05) is 13.1 Å². The Morgan fingerprint density at radius 1 is 1.22 bits per heavy atom. The van der Waals surface area contributed by atoms with E-state index in [1.165, 1.54) is 0 Å². The second-order valence-electron chi connectivity index (χ2n) is 2.08. The van der Waals surface area contributed by atoms with E-state index in [0.717, 1.165) is 25.9 Å². The van der Waals surface area contributed by atoms with Crippen LogP contribution in [0.4, 0.5) is 0 Å². The van der Waals surface area contributed by atoms with Crippen molar-refractivity contribution in [1.29, 1.82) is 0 Å². The van der Waals surface area contributed by atoms with Crippen LogP contribution in [0.3, 0.4) is 0 Å². The summed E-state index contributed by atoms with van der Waals surface area (Å²) in [4.78, 5) is 11.8. The van der Waals surface area contributed by atoms with Gasteiger partial charge in [-0.2, -0.15) is 0 Å². The lowest BCUT2D eigenvalue weighted by atomic mass is 10.4. The molecule has 0 unspecified atom stereocenters. The van der Waals surface area contributed by atoms with Crippen molar-refractivity contribution >= 4 is 6.41 Å². The van der Waals surface area contributed by atoms with Gasteiger partial charge in [0.15, 0.2) is 0 Å². The van der Waals surface area contributed by atoms with Crippen molar-refractivity contribution in [3.05, 3.63) is 0 Å². The van der Waals surface area contributed by atoms with E-state index in [4.69, 9.17) is 0 Å². The summed E-state index contributed by atoms with van der Waals surface area (Å²) in [5, 5.41) is 0. The minimum atomic E-state index is 0.845. The van der Waals surface area contributed by atoms with E-state index in [9.17, 15) is 4.79 Å². The first-order valence-electron chi connectivity index (χ1n) is 3.47. The normalized spacial score (nSPS) is 10.1. The van der Waals surface area contributed by atoms with Gasteiger partial charge in [-0.15, -0.1) is 0 Å². The van der Waals surface area contributed by atoms with Gasteiger partial charge in [0.2, 0.25) is 0 Å². The summed E-state index contributed by atoms with van der Waals surface area (Å²) in [7, 11) is 0. The molecule has 0 fully saturated rings. The molecule has 0 rings (SSSR count). The molecular formula is C7H14NO+. The Morgan fingerprint density at radius 3 is 1.89 bits per heavy atom. The van der Waals surface area contributed by atoms with E-state index in [0.29, 0.717) is 0 Å². The molecule has 0 aromatic heterocycles. The van der Waals surface area contributed by atoms with Gasteiger partial charge in [-0.3, -0.25) is 0 Å². The van der Waals surface area contributed by atoms with E-state index < -0.39 is 0 Å². The maximum absolute atomic E-state index is 10.1. The maximum Gasteiger partial charge on any atom is 0.495 e. The lowest BCUT2D eigenvalue weighted by molar-refractivity contribution is 0.469. The number of hydrogen-bond acceptors (Lipinski definition) is 1. The number of hydrogen-bond donors (Lipinski definition) is 0. The molecule has 0 aliphatic heterocycles. The minimum absolute atomic E-state index is 0.845. The largest absolute Gasteiger partial charge is 0.495 e. The quantitative estimate of drug-likeness (QED) is 0.400. The van der Waals surface area contributed by atoms with Crippen LogP contribution in [0, 0.1) is 0 Å². The first kappa shape index (κ1) is 8.63. The van der Waals surface area contributed by atoms with Gasteiger partial charge >= 0.3 is 6.41 Å². The second kappa shape index (κ2) is 5.76. The molecule has 0 spiro atoms. The SMILES string of the molecule is CCC[N+]([C]=O)CCC. The number of nitrogens with zero attached hydrogens (tertiary/aromatic N) is 1. The van der Waals surface area contributed by atoms with Crippen molar-refractivity contribution in [3.63, 3.8) is 0 Å². The van der Waals surface area contributed by atoms with E-state index in [2.05, 4.69) is 13.8 Å². The van der Waals surface area contributed by atoms with Crippen LogP contribution in [-0.2, 0) is 4.79 Å². The van der Waals surface area contributed by atoms with Crippen LogP contribution < -0.4 is 4.90 Å². The summed E-state index contributed by atoms with van der Waals surface area (Å²) in [6.07, 6.45) is 3.93. The summed E-state index contributed by atoms with van der Waals surface area (Å²) in [6.45, 7) is 5.80. The van der Waals surface area contributed by atoms with Crippen LogP contribution >= 0.6 is 0 Å². The van der Waals surface area contributed by atoms with Crippen LogP contribution in [0.15, 0.2) is 0 Å².